The number of aliphatic carboxylic acids is 1. The van der Waals surface area contributed by atoms with E-state index in [0.717, 1.165) is 0 Å². The van der Waals surface area contributed by atoms with Crippen molar-refractivity contribution in [3.8, 4) is 0 Å². The van der Waals surface area contributed by atoms with Crippen LogP contribution >= 0.6 is 0 Å². The molecule has 112 valence electrons. The Morgan fingerprint density at radius 1 is 1.45 bits per heavy atom. The molecule has 2 heterocycles. The molecule has 0 saturated carbocycles. The predicted octanol–water partition coefficient (Wildman–Crippen LogP) is -0.388. The molecular weight excluding hydrogens is 264 g/mol. The molecule has 4 amide bonds. The van der Waals surface area contributed by atoms with Crippen LogP contribution in [-0.2, 0) is 4.79 Å². The predicted molar refractivity (Wildman–Crippen MR) is 70.4 cm³/mol. The second-order valence-electron chi connectivity index (χ2n) is 4.99. The van der Waals surface area contributed by atoms with Gasteiger partial charge in [0.15, 0.2) is 0 Å². The van der Waals surface area contributed by atoms with Crippen LogP contribution in [-0.4, -0.2) is 83.1 Å². The molecule has 0 aromatic heterocycles. The molecule has 2 fully saturated rings. The summed E-state index contributed by atoms with van der Waals surface area (Å²) in [4.78, 5) is 39.4. The summed E-state index contributed by atoms with van der Waals surface area (Å²) in [7, 11) is 0. The zero-order valence-electron chi connectivity index (χ0n) is 11.5. The Hall–Kier alpha value is -1.99. The van der Waals surface area contributed by atoms with Gasteiger partial charge in [0, 0.05) is 39.3 Å². The number of fused-ring (bicyclic) bond motifs is 1. The third-order valence-electron chi connectivity index (χ3n) is 3.75. The van der Waals surface area contributed by atoms with Crippen LogP contribution in [0.1, 0.15) is 13.3 Å². The number of rotatable bonds is 4. The van der Waals surface area contributed by atoms with Gasteiger partial charge in [-0.1, -0.05) is 0 Å². The molecule has 2 aliphatic rings. The van der Waals surface area contributed by atoms with Crippen LogP contribution < -0.4 is 5.32 Å². The lowest BCUT2D eigenvalue weighted by Crippen LogP contribution is -2.56. The summed E-state index contributed by atoms with van der Waals surface area (Å²) in [5.74, 6) is -0.911. The van der Waals surface area contributed by atoms with Gasteiger partial charge in [0.1, 0.15) is 0 Å². The summed E-state index contributed by atoms with van der Waals surface area (Å²) in [5, 5.41) is 11.5. The maximum Gasteiger partial charge on any atom is 0.320 e. The Labute approximate surface area is 117 Å². The molecule has 0 aromatic carbocycles. The van der Waals surface area contributed by atoms with Gasteiger partial charge < -0.3 is 25.1 Å². The minimum atomic E-state index is -0.911. The number of nitrogens with zero attached hydrogens (tertiary/aromatic N) is 3. The number of piperazine rings is 1. The monoisotopic (exact) mass is 284 g/mol. The van der Waals surface area contributed by atoms with E-state index < -0.39 is 5.97 Å². The van der Waals surface area contributed by atoms with Crippen molar-refractivity contribution >= 4 is 18.0 Å². The SMILES string of the molecule is CCN(CCC(=O)O)C(=O)N1CCN2C(=O)NCC2C1. The molecule has 0 aromatic rings. The van der Waals surface area contributed by atoms with Gasteiger partial charge in [0.2, 0.25) is 0 Å². The zero-order chi connectivity index (χ0) is 14.7. The van der Waals surface area contributed by atoms with E-state index in [4.69, 9.17) is 5.11 Å². The lowest BCUT2D eigenvalue weighted by molar-refractivity contribution is -0.137. The van der Waals surface area contributed by atoms with Crippen molar-refractivity contribution in [1.82, 2.24) is 20.0 Å². The molecule has 0 radical (unpaired) electrons. The molecule has 2 saturated heterocycles. The highest BCUT2D eigenvalue weighted by Gasteiger charge is 2.37. The molecular formula is C12H20N4O4. The Morgan fingerprint density at radius 3 is 2.85 bits per heavy atom. The van der Waals surface area contributed by atoms with Gasteiger partial charge in [0.05, 0.1) is 12.5 Å². The number of hydrogen-bond acceptors (Lipinski definition) is 3. The number of amides is 4. The van der Waals surface area contributed by atoms with Crippen molar-refractivity contribution in [3.63, 3.8) is 0 Å². The topological polar surface area (TPSA) is 93.2 Å². The standard InChI is InChI=1S/C12H20N4O4/c1-2-14(4-3-10(17)18)12(20)15-5-6-16-9(8-15)7-13-11(16)19/h9H,2-8H2,1H3,(H,13,19)(H,17,18). The third-order valence-corrected chi connectivity index (χ3v) is 3.75. The molecule has 1 unspecified atom stereocenters. The summed E-state index contributed by atoms with van der Waals surface area (Å²) < 4.78 is 0. The van der Waals surface area contributed by atoms with Gasteiger partial charge in [-0.2, -0.15) is 0 Å². The fourth-order valence-corrected chi connectivity index (χ4v) is 2.60. The van der Waals surface area contributed by atoms with Gasteiger partial charge >= 0.3 is 18.0 Å². The van der Waals surface area contributed by atoms with Crippen molar-refractivity contribution in [2.45, 2.75) is 19.4 Å². The van der Waals surface area contributed by atoms with E-state index in [1.807, 2.05) is 6.92 Å². The minimum absolute atomic E-state index is 0.0263. The highest BCUT2D eigenvalue weighted by molar-refractivity contribution is 5.79. The molecule has 0 aliphatic carbocycles. The first-order valence-corrected chi connectivity index (χ1v) is 6.83. The number of urea groups is 2. The van der Waals surface area contributed by atoms with Gasteiger partial charge in [-0.15, -0.1) is 0 Å². The molecule has 20 heavy (non-hydrogen) atoms. The van der Waals surface area contributed by atoms with Crippen LogP contribution in [0.2, 0.25) is 0 Å². The number of carboxylic acids is 1. The lowest BCUT2D eigenvalue weighted by atomic mass is 10.2. The maximum absolute atomic E-state index is 12.3. The van der Waals surface area contributed by atoms with Crippen LogP contribution in [0.5, 0.6) is 0 Å². The van der Waals surface area contributed by atoms with Gasteiger partial charge in [-0.05, 0) is 6.92 Å². The molecule has 0 bridgehead atoms. The van der Waals surface area contributed by atoms with E-state index in [1.165, 1.54) is 4.90 Å². The van der Waals surface area contributed by atoms with Gasteiger partial charge in [-0.3, -0.25) is 4.79 Å². The van der Waals surface area contributed by atoms with Crippen molar-refractivity contribution in [2.24, 2.45) is 0 Å². The summed E-state index contributed by atoms with van der Waals surface area (Å²) >= 11 is 0. The van der Waals surface area contributed by atoms with Gasteiger partial charge in [-0.25, -0.2) is 9.59 Å². The first kappa shape index (κ1) is 14.4. The summed E-state index contributed by atoms with van der Waals surface area (Å²) in [6.45, 7) is 4.60. The fourth-order valence-electron chi connectivity index (χ4n) is 2.60. The number of hydrogen-bond donors (Lipinski definition) is 2. The first-order chi connectivity index (χ1) is 9.52. The molecule has 1 atom stereocenters. The average Bonchev–Trinajstić information content (AvgIpc) is 2.80. The first-order valence-electron chi connectivity index (χ1n) is 6.83. The second-order valence-corrected chi connectivity index (χ2v) is 4.99. The summed E-state index contributed by atoms with van der Waals surface area (Å²) in [5.41, 5.74) is 0. The normalized spacial score (nSPS) is 21.4. The number of nitrogens with one attached hydrogen (secondary N) is 1. The lowest BCUT2D eigenvalue weighted by Gasteiger charge is -2.38. The van der Waals surface area contributed by atoms with E-state index in [9.17, 15) is 14.4 Å². The molecule has 0 spiro atoms. The molecule has 8 nitrogen and oxygen atoms in total. The smallest absolute Gasteiger partial charge is 0.320 e. The Balaban J connectivity index is 1.92. The van der Waals surface area contributed by atoms with E-state index >= 15 is 0 Å². The fraction of sp³-hybridized carbons (Fsp3) is 0.750. The van der Waals surface area contributed by atoms with Crippen molar-refractivity contribution in [2.75, 3.05) is 39.3 Å². The Kier molecular flexibility index (Phi) is 4.31. The van der Waals surface area contributed by atoms with E-state index in [1.54, 1.807) is 9.80 Å². The molecule has 2 rings (SSSR count). The maximum atomic E-state index is 12.3. The van der Waals surface area contributed by atoms with E-state index in [0.29, 0.717) is 32.7 Å². The van der Waals surface area contributed by atoms with Crippen LogP contribution in [0.25, 0.3) is 0 Å². The quantitative estimate of drug-likeness (QED) is 0.735. The van der Waals surface area contributed by atoms with Crippen molar-refractivity contribution < 1.29 is 19.5 Å². The van der Waals surface area contributed by atoms with Crippen LogP contribution in [0, 0.1) is 0 Å². The third kappa shape index (κ3) is 2.94. The summed E-state index contributed by atoms with van der Waals surface area (Å²) in [6.07, 6.45) is -0.0526. The van der Waals surface area contributed by atoms with Crippen LogP contribution in [0.3, 0.4) is 0 Å². The zero-order valence-corrected chi connectivity index (χ0v) is 11.5. The van der Waals surface area contributed by atoms with E-state index in [2.05, 4.69) is 5.32 Å². The minimum Gasteiger partial charge on any atom is -0.481 e. The number of carbonyl (C=O) groups is 3. The van der Waals surface area contributed by atoms with Gasteiger partial charge in [0.25, 0.3) is 0 Å². The largest absolute Gasteiger partial charge is 0.481 e. The van der Waals surface area contributed by atoms with E-state index in [-0.39, 0.29) is 31.1 Å². The molecule has 8 heteroatoms. The van der Waals surface area contributed by atoms with Crippen LogP contribution in [0.4, 0.5) is 9.59 Å². The molecule has 2 aliphatic heterocycles. The number of carboxylic acid groups (broad SMARTS) is 1. The second kappa shape index (κ2) is 5.98. The summed E-state index contributed by atoms with van der Waals surface area (Å²) in [6, 6.07) is -0.188. The Bertz CT molecular complexity index is 414. The Morgan fingerprint density at radius 2 is 2.20 bits per heavy atom. The highest BCUT2D eigenvalue weighted by atomic mass is 16.4. The average molecular weight is 284 g/mol. The van der Waals surface area contributed by atoms with Crippen molar-refractivity contribution in [3.05, 3.63) is 0 Å². The van der Waals surface area contributed by atoms with Crippen LogP contribution in [0.15, 0.2) is 0 Å². The van der Waals surface area contributed by atoms with Crippen molar-refractivity contribution in [1.29, 1.82) is 0 Å². The number of carbonyl (C=O) groups excluding carboxylic acids is 2. The highest BCUT2D eigenvalue weighted by Crippen LogP contribution is 2.15. The molecule has 2 N–H and O–H groups in total.